The second-order valence-corrected chi connectivity index (χ2v) is 6.86. The normalized spacial score (nSPS) is 13.6. The highest BCUT2D eigenvalue weighted by atomic mass is 32.3. The molecule has 0 fully saturated rings. The molecule has 0 aliphatic carbocycles. The number of thiol groups is 1. The summed E-state index contributed by atoms with van der Waals surface area (Å²) in [5.41, 5.74) is -0.278. The maximum Gasteiger partial charge on any atom is 0.569 e. The second kappa shape index (κ2) is 3.91. The minimum Gasteiger partial charge on any atom is -0.369 e. The zero-order valence-electron chi connectivity index (χ0n) is 7.67. The maximum absolute atomic E-state index is 5.48. The summed E-state index contributed by atoms with van der Waals surface area (Å²) >= 11 is 4.18. The molecule has 0 aromatic carbocycles. The summed E-state index contributed by atoms with van der Waals surface area (Å²) in [4.78, 5) is 0. The van der Waals surface area contributed by atoms with Crippen LogP contribution in [0.2, 0.25) is 0 Å². The molecule has 0 aliphatic rings. The molecule has 0 atom stereocenters. The maximum atomic E-state index is 5.48. The molecule has 0 spiro atoms. The fourth-order valence-electron chi connectivity index (χ4n) is 0.554. The van der Waals surface area contributed by atoms with E-state index in [0.29, 0.717) is 0 Å². The third-order valence-electron chi connectivity index (χ3n) is 0.951. The Morgan fingerprint density at radius 2 is 1.45 bits per heavy atom. The summed E-state index contributed by atoms with van der Waals surface area (Å²) in [6.45, 7) is 5.80. The average molecular weight is 196 g/mol. The van der Waals surface area contributed by atoms with E-state index in [1.807, 2.05) is 20.8 Å². The first kappa shape index (κ1) is 11.4. The minimum atomic E-state index is -2.64. The predicted octanol–water partition coefficient (Wildman–Crippen LogP) is 1.46. The molecule has 0 rings (SSSR count). The van der Waals surface area contributed by atoms with Crippen molar-refractivity contribution in [3.8, 4) is 0 Å². The minimum absolute atomic E-state index is 0.278. The molecule has 11 heavy (non-hydrogen) atoms. The van der Waals surface area contributed by atoms with Gasteiger partial charge in [-0.25, -0.2) is 0 Å². The van der Waals surface area contributed by atoms with Crippen LogP contribution < -0.4 is 0 Å². The Balaban J connectivity index is 4.08. The number of rotatable bonds is 3. The lowest BCUT2D eigenvalue weighted by atomic mass is 10.2. The zero-order chi connectivity index (χ0) is 9.12. The summed E-state index contributed by atoms with van der Waals surface area (Å²) in [6.07, 6.45) is 0. The van der Waals surface area contributed by atoms with Gasteiger partial charge in [-0.3, -0.25) is 0 Å². The average Bonchev–Trinajstić information content (AvgIpc) is 1.84. The highest BCUT2D eigenvalue weighted by Crippen LogP contribution is 2.20. The molecule has 0 bridgehead atoms. The summed E-state index contributed by atoms with van der Waals surface area (Å²) in [5.74, 6) is 0. The van der Waals surface area contributed by atoms with Gasteiger partial charge in [0.25, 0.3) is 0 Å². The van der Waals surface area contributed by atoms with Crippen LogP contribution in [0.25, 0.3) is 0 Å². The first-order chi connectivity index (χ1) is 4.83. The SMILES string of the molecule is CO[Si](S)(OC)OC(C)(C)C. The summed E-state index contributed by atoms with van der Waals surface area (Å²) < 4.78 is 15.5. The van der Waals surface area contributed by atoms with Crippen LogP contribution in [0, 0.1) is 0 Å². The second-order valence-electron chi connectivity index (χ2n) is 3.15. The van der Waals surface area contributed by atoms with E-state index in [1.165, 1.54) is 14.2 Å². The summed E-state index contributed by atoms with van der Waals surface area (Å²) in [6, 6.07) is 0. The summed E-state index contributed by atoms with van der Waals surface area (Å²) in [5, 5.41) is 0. The van der Waals surface area contributed by atoms with Crippen LogP contribution in [0.4, 0.5) is 0 Å². The number of hydrogen-bond acceptors (Lipinski definition) is 4. The van der Waals surface area contributed by atoms with E-state index in [1.54, 1.807) is 0 Å². The molecule has 0 aromatic rings. The lowest BCUT2D eigenvalue weighted by Gasteiger charge is -2.29. The molecule has 0 heterocycles. The van der Waals surface area contributed by atoms with Gasteiger partial charge in [0, 0.05) is 14.2 Å². The van der Waals surface area contributed by atoms with Crippen molar-refractivity contribution in [3.63, 3.8) is 0 Å². The van der Waals surface area contributed by atoms with E-state index in [9.17, 15) is 0 Å². The smallest absolute Gasteiger partial charge is 0.369 e. The Kier molecular flexibility index (Phi) is 4.07. The Bertz CT molecular complexity index is 119. The first-order valence-corrected chi connectivity index (χ1v) is 6.37. The Hall–Kier alpha value is 0.447. The number of hydrogen-bond donors (Lipinski definition) is 1. The summed E-state index contributed by atoms with van der Waals surface area (Å²) in [7, 11) is 0.434. The van der Waals surface area contributed by atoms with Crippen LogP contribution in [-0.4, -0.2) is 27.8 Å². The van der Waals surface area contributed by atoms with Crippen molar-refractivity contribution in [1.82, 2.24) is 0 Å². The molecule has 3 nitrogen and oxygen atoms in total. The molecule has 0 amide bonds. The Labute approximate surface area is 74.5 Å². The largest absolute Gasteiger partial charge is 0.569 e. The zero-order valence-corrected chi connectivity index (χ0v) is 9.57. The molecule has 0 saturated carbocycles. The van der Waals surface area contributed by atoms with Crippen LogP contribution in [0.3, 0.4) is 0 Å². The van der Waals surface area contributed by atoms with E-state index in [-0.39, 0.29) is 5.60 Å². The molecule has 0 N–H and O–H groups in total. The highest BCUT2D eigenvalue weighted by molar-refractivity contribution is 8.11. The molecule has 5 heteroatoms. The predicted molar refractivity (Wildman–Crippen MR) is 49.6 cm³/mol. The van der Waals surface area contributed by atoms with Gasteiger partial charge in [0.05, 0.1) is 5.60 Å². The molecule has 0 saturated heterocycles. The van der Waals surface area contributed by atoms with Crippen molar-refractivity contribution in [2.24, 2.45) is 0 Å². The molecular weight excluding hydrogens is 180 g/mol. The lowest BCUT2D eigenvalue weighted by Crippen LogP contribution is -2.44. The van der Waals surface area contributed by atoms with Crippen molar-refractivity contribution < 1.29 is 13.3 Å². The van der Waals surface area contributed by atoms with Crippen molar-refractivity contribution >= 4 is 20.0 Å². The van der Waals surface area contributed by atoms with Gasteiger partial charge in [-0.15, -0.1) is 12.1 Å². The van der Waals surface area contributed by atoms with Crippen molar-refractivity contribution in [2.45, 2.75) is 26.4 Å². The molecule has 0 aliphatic heterocycles. The van der Waals surface area contributed by atoms with E-state index in [0.717, 1.165) is 0 Å². The van der Waals surface area contributed by atoms with E-state index < -0.39 is 7.95 Å². The van der Waals surface area contributed by atoms with Gasteiger partial charge in [0.1, 0.15) is 0 Å². The fraction of sp³-hybridized carbons (Fsp3) is 1.00. The van der Waals surface area contributed by atoms with Crippen LogP contribution in [-0.2, 0) is 13.3 Å². The third kappa shape index (κ3) is 4.81. The topological polar surface area (TPSA) is 27.7 Å². The van der Waals surface area contributed by atoms with Gasteiger partial charge < -0.3 is 13.3 Å². The monoisotopic (exact) mass is 196 g/mol. The van der Waals surface area contributed by atoms with Crippen LogP contribution in [0.15, 0.2) is 0 Å². The van der Waals surface area contributed by atoms with Crippen LogP contribution in [0.1, 0.15) is 20.8 Å². The molecule has 68 valence electrons. The molecule has 0 radical (unpaired) electrons. The molecular formula is C6H16O3SSi. The van der Waals surface area contributed by atoms with Gasteiger partial charge >= 0.3 is 7.95 Å². The molecule has 0 aromatic heterocycles. The van der Waals surface area contributed by atoms with E-state index in [2.05, 4.69) is 12.1 Å². The van der Waals surface area contributed by atoms with Crippen molar-refractivity contribution in [3.05, 3.63) is 0 Å². The van der Waals surface area contributed by atoms with Gasteiger partial charge in [0.2, 0.25) is 0 Å². The quantitative estimate of drug-likeness (QED) is 0.547. The van der Waals surface area contributed by atoms with Crippen molar-refractivity contribution in [1.29, 1.82) is 0 Å². The lowest BCUT2D eigenvalue weighted by molar-refractivity contribution is 0.0358. The van der Waals surface area contributed by atoms with Gasteiger partial charge in [-0.1, -0.05) is 0 Å². The van der Waals surface area contributed by atoms with Crippen LogP contribution >= 0.6 is 12.1 Å². The molecule has 0 unspecified atom stereocenters. The highest BCUT2D eigenvalue weighted by Gasteiger charge is 2.39. The van der Waals surface area contributed by atoms with Gasteiger partial charge in [-0.05, 0) is 20.8 Å². The van der Waals surface area contributed by atoms with Crippen LogP contribution in [0.5, 0.6) is 0 Å². The van der Waals surface area contributed by atoms with Gasteiger partial charge in [0.15, 0.2) is 0 Å². The van der Waals surface area contributed by atoms with E-state index in [4.69, 9.17) is 13.3 Å². The van der Waals surface area contributed by atoms with Crippen molar-refractivity contribution in [2.75, 3.05) is 14.2 Å². The standard InChI is InChI=1S/C6H16O3SSi/c1-6(2,3)9-11(10,7-4)8-5/h10H,1-5H3. The fourth-order valence-corrected chi connectivity index (χ4v) is 2.48. The Morgan fingerprint density at radius 1 is 1.09 bits per heavy atom. The Morgan fingerprint density at radius 3 is 1.55 bits per heavy atom. The third-order valence-corrected chi connectivity index (χ3v) is 4.22. The van der Waals surface area contributed by atoms with E-state index >= 15 is 0 Å². The first-order valence-electron chi connectivity index (χ1n) is 3.36. The van der Waals surface area contributed by atoms with Gasteiger partial charge in [-0.2, -0.15) is 0 Å².